The van der Waals surface area contributed by atoms with E-state index in [9.17, 15) is 22.0 Å². The van der Waals surface area contributed by atoms with E-state index < -0.39 is 21.7 Å². The Hall–Kier alpha value is -3.11. The first kappa shape index (κ1) is 21.7. The Balaban J connectivity index is 1.38. The summed E-state index contributed by atoms with van der Waals surface area (Å²) in [6.07, 6.45) is 8.11. The average molecular weight is 473 g/mol. The fraction of sp³-hybridized carbons (Fsp3) is 0.304. The topological polar surface area (TPSA) is 95.2 Å². The molecular weight excluding hydrogens is 450 g/mol. The molecule has 1 atom stereocenters. The first-order chi connectivity index (χ1) is 15.9. The monoisotopic (exact) mass is 472 g/mol. The van der Waals surface area contributed by atoms with Crippen LogP contribution in [0.4, 0.5) is 14.6 Å². The molecule has 2 N–H and O–H groups in total. The van der Waals surface area contributed by atoms with E-state index in [0.717, 1.165) is 47.9 Å². The van der Waals surface area contributed by atoms with E-state index in [4.69, 9.17) is 0 Å². The number of rotatable bonds is 7. The molecule has 33 heavy (non-hydrogen) atoms. The maximum Gasteiger partial charge on any atom is 0.240 e. The van der Waals surface area contributed by atoms with E-state index in [1.165, 1.54) is 0 Å². The van der Waals surface area contributed by atoms with Crippen molar-refractivity contribution < 1.29 is 22.0 Å². The van der Waals surface area contributed by atoms with Gasteiger partial charge in [-0.05, 0) is 73.6 Å². The van der Waals surface area contributed by atoms with Crippen molar-refractivity contribution in [2.24, 2.45) is 0 Å². The van der Waals surface area contributed by atoms with Gasteiger partial charge < -0.3 is 4.98 Å². The highest BCUT2D eigenvalue weighted by molar-refractivity contribution is 7.89. The van der Waals surface area contributed by atoms with Crippen LogP contribution in [0.25, 0.3) is 16.6 Å². The molecule has 1 fully saturated rings. The number of aromatic nitrogens is 2. The second-order valence-electron chi connectivity index (χ2n) is 8.41. The lowest BCUT2D eigenvalue weighted by atomic mass is 9.90. The van der Waals surface area contributed by atoms with Crippen LogP contribution in [0.5, 0.6) is 0 Å². The normalized spacial score (nSPS) is 18.8. The lowest BCUT2D eigenvalue weighted by Crippen LogP contribution is -2.35. The van der Waals surface area contributed by atoms with Gasteiger partial charge in [-0.15, -0.1) is 0 Å². The fourth-order valence-corrected chi connectivity index (χ4v) is 5.51. The van der Waals surface area contributed by atoms with E-state index in [2.05, 4.69) is 14.7 Å². The van der Waals surface area contributed by atoms with Gasteiger partial charge in [0.1, 0.15) is 11.5 Å². The molecule has 5 rings (SSSR count). The molecule has 0 saturated heterocycles. The predicted octanol–water partition coefficient (Wildman–Crippen LogP) is 3.88. The quantitative estimate of drug-likeness (QED) is 0.510. The van der Waals surface area contributed by atoms with Gasteiger partial charge in [-0.2, -0.15) is 0 Å². The molecule has 10 heteroatoms. The SMILES string of the molecule is O=CN(c1cc(C2=CCC(NS(=O)(=O)c3ccc(F)c(F)c3)CC2)c2cc[nH]c2n1)C1CC1. The van der Waals surface area contributed by atoms with E-state index in [1.807, 2.05) is 18.2 Å². The Morgan fingerprint density at radius 2 is 1.94 bits per heavy atom. The summed E-state index contributed by atoms with van der Waals surface area (Å²) in [6, 6.07) is 6.20. The number of halogens is 2. The zero-order valence-electron chi connectivity index (χ0n) is 17.6. The van der Waals surface area contributed by atoms with Gasteiger partial charge in [0, 0.05) is 23.7 Å². The molecule has 172 valence electrons. The summed E-state index contributed by atoms with van der Waals surface area (Å²) in [4.78, 5) is 20.7. The van der Waals surface area contributed by atoms with Crippen LogP contribution in [0.2, 0.25) is 0 Å². The summed E-state index contributed by atoms with van der Waals surface area (Å²) in [6.45, 7) is 0. The number of benzene rings is 1. The van der Waals surface area contributed by atoms with Gasteiger partial charge in [0.15, 0.2) is 11.6 Å². The van der Waals surface area contributed by atoms with Gasteiger partial charge in [0.25, 0.3) is 0 Å². The molecular formula is C23H22F2N4O3S. The number of pyridine rings is 1. The van der Waals surface area contributed by atoms with Crippen molar-refractivity contribution in [3.63, 3.8) is 0 Å². The van der Waals surface area contributed by atoms with Crippen LogP contribution in [-0.2, 0) is 14.8 Å². The first-order valence-corrected chi connectivity index (χ1v) is 12.2. The Bertz CT molecular complexity index is 1370. The third-order valence-electron chi connectivity index (χ3n) is 6.11. The van der Waals surface area contributed by atoms with Crippen molar-refractivity contribution in [2.45, 2.75) is 49.1 Å². The maximum absolute atomic E-state index is 13.5. The average Bonchev–Trinajstić information content (AvgIpc) is 3.51. The van der Waals surface area contributed by atoms with Crippen LogP contribution < -0.4 is 9.62 Å². The smallest absolute Gasteiger partial charge is 0.240 e. The van der Waals surface area contributed by atoms with Crippen LogP contribution in [0.15, 0.2) is 47.5 Å². The third kappa shape index (κ3) is 4.28. The summed E-state index contributed by atoms with van der Waals surface area (Å²) in [7, 11) is -3.98. The molecule has 1 saturated carbocycles. The second kappa shape index (κ2) is 8.35. The zero-order valence-corrected chi connectivity index (χ0v) is 18.4. The van der Waals surface area contributed by atoms with Gasteiger partial charge in [0.2, 0.25) is 16.4 Å². The highest BCUT2D eigenvalue weighted by atomic mass is 32.2. The first-order valence-electron chi connectivity index (χ1n) is 10.7. The van der Waals surface area contributed by atoms with E-state index >= 15 is 0 Å². The fourth-order valence-electron chi connectivity index (χ4n) is 4.22. The number of aromatic amines is 1. The Morgan fingerprint density at radius 3 is 2.61 bits per heavy atom. The number of carbonyl (C=O) groups excluding carboxylic acids is 1. The second-order valence-corrected chi connectivity index (χ2v) is 10.1. The van der Waals surface area contributed by atoms with Gasteiger partial charge in [-0.25, -0.2) is 26.9 Å². The van der Waals surface area contributed by atoms with Gasteiger partial charge >= 0.3 is 0 Å². The van der Waals surface area contributed by atoms with Gasteiger partial charge in [-0.3, -0.25) is 9.69 Å². The summed E-state index contributed by atoms with van der Waals surface area (Å²) in [5.41, 5.74) is 2.70. The number of allylic oxidation sites excluding steroid dienone is 1. The molecule has 0 radical (unpaired) electrons. The summed E-state index contributed by atoms with van der Waals surface area (Å²) >= 11 is 0. The zero-order chi connectivity index (χ0) is 23.2. The van der Waals surface area contributed by atoms with Crippen molar-refractivity contribution in [1.29, 1.82) is 0 Å². The lowest BCUT2D eigenvalue weighted by Gasteiger charge is -2.24. The minimum atomic E-state index is -3.98. The predicted molar refractivity (Wildman–Crippen MR) is 120 cm³/mol. The van der Waals surface area contributed by atoms with Crippen molar-refractivity contribution in [3.8, 4) is 0 Å². The number of fused-ring (bicyclic) bond motifs is 1. The van der Waals surface area contributed by atoms with E-state index in [-0.39, 0.29) is 17.0 Å². The molecule has 2 aromatic heterocycles. The maximum atomic E-state index is 13.5. The number of nitrogens with zero attached hydrogens (tertiary/aromatic N) is 2. The Kier molecular flexibility index (Phi) is 5.49. The van der Waals surface area contributed by atoms with Gasteiger partial charge in [-0.1, -0.05) is 6.08 Å². The number of H-pyrrole nitrogens is 1. The number of hydrogen-bond acceptors (Lipinski definition) is 4. The van der Waals surface area contributed by atoms with Gasteiger partial charge in [0.05, 0.1) is 4.90 Å². The molecule has 0 bridgehead atoms. The van der Waals surface area contributed by atoms with Crippen molar-refractivity contribution in [3.05, 3.63) is 59.8 Å². The molecule has 0 aliphatic heterocycles. The Labute approximate surface area is 189 Å². The highest BCUT2D eigenvalue weighted by Crippen LogP contribution is 2.36. The number of anilines is 1. The molecule has 1 aromatic carbocycles. The van der Waals surface area contributed by atoms with Crippen LogP contribution >= 0.6 is 0 Å². The molecule has 1 amide bonds. The van der Waals surface area contributed by atoms with Crippen molar-refractivity contribution >= 4 is 38.9 Å². The van der Waals surface area contributed by atoms with Crippen LogP contribution in [-0.4, -0.2) is 36.9 Å². The number of amides is 1. The van der Waals surface area contributed by atoms with Crippen LogP contribution in [0.1, 0.15) is 37.7 Å². The van der Waals surface area contributed by atoms with E-state index in [1.54, 1.807) is 11.1 Å². The summed E-state index contributed by atoms with van der Waals surface area (Å²) in [5.74, 6) is -1.70. The molecule has 1 unspecified atom stereocenters. The molecule has 2 aliphatic rings. The van der Waals surface area contributed by atoms with Crippen LogP contribution in [0, 0.1) is 11.6 Å². The third-order valence-corrected chi connectivity index (χ3v) is 7.63. The molecule has 7 nitrogen and oxygen atoms in total. The Morgan fingerprint density at radius 1 is 1.12 bits per heavy atom. The summed E-state index contributed by atoms with van der Waals surface area (Å²) < 4.78 is 54.4. The minimum Gasteiger partial charge on any atom is -0.346 e. The van der Waals surface area contributed by atoms with Crippen molar-refractivity contribution in [1.82, 2.24) is 14.7 Å². The molecule has 0 spiro atoms. The number of carbonyl (C=O) groups is 1. The van der Waals surface area contributed by atoms with Crippen molar-refractivity contribution in [2.75, 3.05) is 4.90 Å². The highest BCUT2D eigenvalue weighted by Gasteiger charge is 2.31. The number of nitrogens with one attached hydrogen (secondary N) is 2. The number of sulfonamides is 1. The lowest BCUT2D eigenvalue weighted by molar-refractivity contribution is -0.107. The summed E-state index contributed by atoms with van der Waals surface area (Å²) in [5, 5.41) is 0.937. The largest absolute Gasteiger partial charge is 0.346 e. The minimum absolute atomic E-state index is 0.186. The molecule has 2 aliphatic carbocycles. The molecule has 2 heterocycles. The van der Waals surface area contributed by atoms with Crippen LogP contribution in [0.3, 0.4) is 0 Å². The molecule has 3 aromatic rings. The van der Waals surface area contributed by atoms with E-state index in [0.29, 0.717) is 36.8 Å². The number of hydrogen-bond donors (Lipinski definition) is 2. The standard InChI is InChI=1S/C23H22F2N4O3S/c24-20-8-7-17(11-21(20)25)33(31,32)28-15-3-1-14(2-4-15)19-12-22(29(13-30)16-5-6-16)27-23-18(19)9-10-26-23/h1,7-13,15-16,28H,2-6H2,(H,26,27).